The molecule has 4 nitrogen and oxygen atoms in total. The van der Waals surface area contributed by atoms with Crippen molar-refractivity contribution in [3.05, 3.63) is 0 Å². The molecular formula is C10H15F3N2O2. The molecule has 1 spiro atoms. The average Bonchev–Trinajstić information content (AvgIpc) is 2.81. The number of carbonyl (C=O) groups is 1. The van der Waals surface area contributed by atoms with Gasteiger partial charge in [0.15, 0.2) is 0 Å². The van der Waals surface area contributed by atoms with Crippen LogP contribution in [0.2, 0.25) is 0 Å². The summed E-state index contributed by atoms with van der Waals surface area (Å²) in [5.41, 5.74) is 0.753. The molecule has 2 heterocycles. The lowest BCUT2D eigenvalue weighted by atomic mass is 9.74. The van der Waals surface area contributed by atoms with Gasteiger partial charge in [-0.1, -0.05) is 0 Å². The van der Waals surface area contributed by atoms with E-state index in [-0.39, 0.29) is 0 Å². The first-order valence-corrected chi connectivity index (χ1v) is 5.57. The Kier molecular flexibility index (Phi) is 3.07. The third-order valence-electron chi connectivity index (χ3n) is 3.38. The van der Waals surface area contributed by atoms with Gasteiger partial charge >= 0.3 is 12.1 Å². The number of rotatable bonds is 1. The number of hydrogen-bond donors (Lipinski definition) is 2. The minimum absolute atomic E-state index is 0.753. The predicted molar refractivity (Wildman–Crippen MR) is 53.6 cm³/mol. The molecular weight excluding hydrogens is 237 g/mol. The summed E-state index contributed by atoms with van der Waals surface area (Å²) >= 11 is 0. The average molecular weight is 252 g/mol. The maximum atomic E-state index is 10.6. The first-order chi connectivity index (χ1) is 7.82. The molecule has 3 rings (SSSR count). The van der Waals surface area contributed by atoms with Crippen LogP contribution < -0.4 is 5.32 Å². The van der Waals surface area contributed by atoms with Gasteiger partial charge in [0.05, 0.1) is 0 Å². The summed E-state index contributed by atoms with van der Waals surface area (Å²) in [5.74, 6) is -2.76. The number of hydrogen-bond acceptors (Lipinski definition) is 3. The van der Waals surface area contributed by atoms with E-state index in [9.17, 15) is 13.2 Å². The summed E-state index contributed by atoms with van der Waals surface area (Å²) in [5, 5.41) is 10.5. The molecule has 3 aliphatic rings. The van der Waals surface area contributed by atoms with Gasteiger partial charge in [-0.2, -0.15) is 13.2 Å². The first kappa shape index (κ1) is 12.6. The zero-order chi connectivity index (χ0) is 12.7. The third kappa shape index (κ3) is 2.90. The van der Waals surface area contributed by atoms with E-state index in [0.717, 1.165) is 11.5 Å². The predicted octanol–water partition coefficient (Wildman–Crippen LogP) is 0.687. The SMILES string of the molecule is C1CC1N1CC2(CNC2)C1.O=C(O)C(F)(F)F. The maximum Gasteiger partial charge on any atom is 0.490 e. The van der Waals surface area contributed by atoms with Crippen molar-refractivity contribution in [1.29, 1.82) is 0 Å². The minimum atomic E-state index is -5.08. The Hall–Kier alpha value is -0.820. The van der Waals surface area contributed by atoms with Crippen molar-refractivity contribution in [2.24, 2.45) is 5.41 Å². The molecule has 2 N–H and O–H groups in total. The number of nitrogens with one attached hydrogen (secondary N) is 1. The largest absolute Gasteiger partial charge is 0.490 e. The Bertz CT molecular complexity index is 303. The quantitative estimate of drug-likeness (QED) is 0.721. The molecule has 7 heteroatoms. The molecule has 0 aromatic carbocycles. The van der Waals surface area contributed by atoms with Gasteiger partial charge < -0.3 is 10.4 Å². The van der Waals surface area contributed by atoms with Crippen LogP contribution in [0.15, 0.2) is 0 Å². The van der Waals surface area contributed by atoms with Gasteiger partial charge in [-0.25, -0.2) is 4.79 Å². The Morgan fingerprint density at radius 1 is 1.29 bits per heavy atom. The molecule has 0 aromatic heterocycles. The van der Waals surface area contributed by atoms with E-state index in [1.165, 1.54) is 39.0 Å². The van der Waals surface area contributed by atoms with Crippen LogP contribution in [0.3, 0.4) is 0 Å². The summed E-state index contributed by atoms with van der Waals surface area (Å²) in [6.07, 6.45) is -2.13. The van der Waals surface area contributed by atoms with Crippen LogP contribution in [-0.4, -0.2) is 54.4 Å². The van der Waals surface area contributed by atoms with Gasteiger partial charge in [0.2, 0.25) is 0 Å². The maximum absolute atomic E-state index is 10.6. The highest BCUT2D eigenvalue weighted by Gasteiger charge is 2.51. The molecule has 2 aliphatic heterocycles. The molecule has 3 fully saturated rings. The Morgan fingerprint density at radius 3 is 2.00 bits per heavy atom. The van der Waals surface area contributed by atoms with Crippen LogP contribution in [0.25, 0.3) is 0 Å². The zero-order valence-corrected chi connectivity index (χ0v) is 9.26. The lowest BCUT2D eigenvalue weighted by molar-refractivity contribution is -0.192. The molecule has 0 aromatic rings. The van der Waals surface area contributed by atoms with Crippen molar-refractivity contribution in [3.63, 3.8) is 0 Å². The fourth-order valence-corrected chi connectivity index (χ4v) is 2.22. The van der Waals surface area contributed by atoms with Gasteiger partial charge in [-0.15, -0.1) is 0 Å². The van der Waals surface area contributed by atoms with Crippen molar-refractivity contribution in [1.82, 2.24) is 10.2 Å². The number of alkyl halides is 3. The molecule has 98 valence electrons. The van der Waals surface area contributed by atoms with Gasteiger partial charge in [-0.05, 0) is 12.8 Å². The van der Waals surface area contributed by atoms with Crippen LogP contribution >= 0.6 is 0 Å². The van der Waals surface area contributed by atoms with Crippen LogP contribution in [0.4, 0.5) is 13.2 Å². The van der Waals surface area contributed by atoms with Crippen molar-refractivity contribution in [2.45, 2.75) is 25.1 Å². The van der Waals surface area contributed by atoms with Crippen LogP contribution in [0.5, 0.6) is 0 Å². The van der Waals surface area contributed by atoms with E-state index in [1.807, 2.05) is 0 Å². The number of aliphatic carboxylic acids is 1. The Balaban J connectivity index is 0.000000139. The van der Waals surface area contributed by atoms with E-state index in [0.29, 0.717) is 0 Å². The van der Waals surface area contributed by atoms with Gasteiger partial charge in [0, 0.05) is 37.6 Å². The number of carboxylic acid groups (broad SMARTS) is 1. The topological polar surface area (TPSA) is 52.6 Å². The highest BCUT2D eigenvalue weighted by atomic mass is 19.4. The number of likely N-dealkylation sites (tertiary alicyclic amines) is 1. The number of nitrogens with zero attached hydrogens (tertiary/aromatic N) is 1. The molecule has 1 aliphatic carbocycles. The zero-order valence-electron chi connectivity index (χ0n) is 9.26. The van der Waals surface area contributed by atoms with Gasteiger partial charge in [-0.3, -0.25) is 4.90 Å². The van der Waals surface area contributed by atoms with Gasteiger partial charge in [0.1, 0.15) is 0 Å². The molecule has 17 heavy (non-hydrogen) atoms. The molecule has 2 saturated heterocycles. The lowest BCUT2D eigenvalue weighted by Crippen LogP contribution is -2.71. The number of carboxylic acids is 1. The highest BCUT2D eigenvalue weighted by Crippen LogP contribution is 2.41. The van der Waals surface area contributed by atoms with Crippen LogP contribution in [-0.2, 0) is 4.79 Å². The number of halogens is 3. The van der Waals surface area contributed by atoms with Crippen molar-refractivity contribution < 1.29 is 23.1 Å². The Morgan fingerprint density at radius 2 is 1.76 bits per heavy atom. The minimum Gasteiger partial charge on any atom is -0.475 e. The second-order valence-corrected chi connectivity index (χ2v) is 5.04. The van der Waals surface area contributed by atoms with Crippen molar-refractivity contribution >= 4 is 5.97 Å². The smallest absolute Gasteiger partial charge is 0.475 e. The van der Waals surface area contributed by atoms with Crippen LogP contribution in [0.1, 0.15) is 12.8 Å². The summed E-state index contributed by atoms with van der Waals surface area (Å²) in [6.45, 7) is 5.36. The van der Waals surface area contributed by atoms with Crippen molar-refractivity contribution in [3.8, 4) is 0 Å². The van der Waals surface area contributed by atoms with E-state index in [2.05, 4.69) is 10.2 Å². The van der Waals surface area contributed by atoms with Crippen molar-refractivity contribution in [2.75, 3.05) is 26.2 Å². The lowest BCUT2D eigenvalue weighted by Gasteiger charge is -2.56. The normalized spacial score (nSPS) is 26.5. The monoisotopic (exact) mass is 252 g/mol. The fourth-order valence-electron chi connectivity index (χ4n) is 2.22. The van der Waals surface area contributed by atoms with Gasteiger partial charge in [0.25, 0.3) is 0 Å². The van der Waals surface area contributed by atoms with E-state index in [4.69, 9.17) is 9.90 Å². The van der Waals surface area contributed by atoms with E-state index >= 15 is 0 Å². The molecule has 0 atom stereocenters. The standard InChI is InChI=1S/C8H14N2.C2HF3O2/c1-2-7(1)10-5-8(6-10)3-9-4-8;3-2(4,5)1(6)7/h7,9H,1-6H2;(H,6,7). The van der Waals surface area contributed by atoms with Crippen LogP contribution in [0, 0.1) is 5.41 Å². The Labute approximate surface area is 96.8 Å². The molecule has 0 amide bonds. The summed E-state index contributed by atoms with van der Waals surface area (Å²) in [4.78, 5) is 11.5. The highest BCUT2D eigenvalue weighted by molar-refractivity contribution is 5.73. The molecule has 0 unspecified atom stereocenters. The fraction of sp³-hybridized carbons (Fsp3) is 0.900. The second kappa shape index (κ2) is 4.13. The summed E-state index contributed by atoms with van der Waals surface area (Å²) in [7, 11) is 0. The molecule has 0 radical (unpaired) electrons. The summed E-state index contributed by atoms with van der Waals surface area (Å²) in [6, 6.07) is 1.01. The summed E-state index contributed by atoms with van der Waals surface area (Å²) < 4.78 is 31.7. The first-order valence-electron chi connectivity index (χ1n) is 5.57. The molecule has 0 bridgehead atoms. The second-order valence-electron chi connectivity index (χ2n) is 5.04. The third-order valence-corrected chi connectivity index (χ3v) is 3.38. The van der Waals surface area contributed by atoms with E-state index in [1.54, 1.807) is 0 Å². The van der Waals surface area contributed by atoms with E-state index < -0.39 is 12.1 Å². The molecule has 1 saturated carbocycles.